The van der Waals surface area contributed by atoms with Gasteiger partial charge in [-0.2, -0.15) is 0 Å². The first kappa shape index (κ1) is 30.4. The lowest BCUT2D eigenvalue weighted by molar-refractivity contribution is -0.133. The summed E-state index contributed by atoms with van der Waals surface area (Å²) in [5.41, 5.74) is 0.516. The van der Waals surface area contributed by atoms with Crippen molar-refractivity contribution in [3.63, 3.8) is 0 Å². The Kier molecular flexibility index (Phi) is 9.43. The summed E-state index contributed by atoms with van der Waals surface area (Å²) in [5, 5.41) is 7.20. The van der Waals surface area contributed by atoms with Crippen LogP contribution in [0.5, 0.6) is 0 Å². The summed E-state index contributed by atoms with van der Waals surface area (Å²) in [6.45, 7) is 0.618. The minimum absolute atomic E-state index is 0.0654. The number of urea groups is 2. The zero-order valence-electron chi connectivity index (χ0n) is 23.8. The quantitative estimate of drug-likeness (QED) is 0.364. The van der Waals surface area contributed by atoms with Gasteiger partial charge >= 0.3 is 12.1 Å². The van der Waals surface area contributed by atoms with Crippen LogP contribution in [0.15, 0.2) is 48.5 Å². The lowest BCUT2D eigenvalue weighted by atomic mass is 9.90. The molecule has 2 aromatic rings. The largest absolute Gasteiger partial charge is 0.325 e. The van der Waals surface area contributed by atoms with Gasteiger partial charge in [-0.3, -0.25) is 19.4 Å². The van der Waals surface area contributed by atoms with Crippen molar-refractivity contribution in [1.82, 2.24) is 20.4 Å². The first-order chi connectivity index (χ1) is 20.2. The van der Waals surface area contributed by atoms with Crippen molar-refractivity contribution >= 4 is 47.1 Å². The van der Waals surface area contributed by atoms with Crippen LogP contribution in [-0.4, -0.2) is 44.8 Å². The van der Waals surface area contributed by atoms with E-state index >= 15 is 0 Å². The maximum Gasteiger partial charge on any atom is 0.325 e. The van der Waals surface area contributed by atoms with Crippen LogP contribution in [0.25, 0.3) is 0 Å². The molecule has 2 heterocycles. The summed E-state index contributed by atoms with van der Waals surface area (Å²) in [7, 11) is 0. The molecule has 42 heavy (non-hydrogen) atoms. The molecule has 0 bridgehead atoms. The molecule has 2 N–H and O–H groups in total. The zero-order valence-corrected chi connectivity index (χ0v) is 25.3. The molecular weight excluding hydrogens is 575 g/mol. The molecule has 0 unspecified atom stereocenters. The van der Waals surface area contributed by atoms with Crippen molar-refractivity contribution in [3.8, 4) is 0 Å². The van der Waals surface area contributed by atoms with Crippen molar-refractivity contribution in [2.75, 3.05) is 0 Å². The van der Waals surface area contributed by atoms with Crippen LogP contribution < -0.4 is 10.6 Å². The Morgan fingerprint density at radius 1 is 0.524 bits per heavy atom. The highest BCUT2D eigenvalue weighted by molar-refractivity contribution is 6.30. The lowest BCUT2D eigenvalue weighted by Gasteiger charge is -2.24. The van der Waals surface area contributed by atoms with Gasteiger partial charge in [-0.25, -0.2) is 9.59 Å². The van der Waals surface area contributed by atoms with E-state index in [2.05, 4.69) is 10.6 Å². The number of benzene rings is 2. The number of hydrogen-bond donors (Lipinski definition) is 2. The fourth-order valence-electron chi connectivity index (χ4n) is 6.53. The van der Waals surface area contributed by atoms with Crippen LogP contribution in [0.4, 0.5) is 9.59 Å². The first-order valence-electron chi connectivity index (χ1n) is 15.0. The van der Waals surface area contributed by atoms with Gasteiger partial charge < -0.3 is 10.6 Å². The molecule has 2 spiro atoms. The standard InChI is InChI=1S/2C16H19ClN2O2/c2*17-13-7-5-12(6-8-13)11-19-14(20)16(18-15(19)21)9-3-1-2-4-10-16/h2*5-8H,1-4,9-11H2,(H,18,21). The molecule has 0 atom stereocenters. The number of carbonyl (C=O) groups is 4. The molecule has 2 aliphatic heterocycles. The molecule has 2 aromatic carbocycles. The zero-order chi connectivity index (χ0) is 29.7. The Balaban J connectivity index is 0.000000168. The number of hydrogen-bond acceptors (Lipinski definition) is 4. The van der Waals surface area contributed by atoms with Crippen LogP contribution in [0.1, 0.15) is 88.2 Å². The Hall–Kier alpha value is -3.10. The Morgan fingerprint density at radius 3 is 1.14 bits per heavy atom. The number of amides is 6. The molecule has 0 radical (unpaired) electrons. The van der Waals surface area contributed by atoms with E-state index in [9.17, 15) is 19.2 Å². The average molecular weight is 614 g/mol. The maximum atomic E-state index is 12.7. The number of rotatable bonds is 4. The van der Waals surface area contributed by atoms with E-state index in [1.54, 1.807) is 24.3 Å². The van der Waals surface area contributed by atoms with Gasteiger partial charge in [-0.1, -0.05) is 98.8 Å². The molecule has 6 rings (SSSR count). The summed E-state index contributed by atoms with van der Waals surface area (Å²) in [6, 6.07) is 14.0. The Bertz CT molecular complexity index is 1200. The van der Waals surface area contributed by atoms with Gasteiger partial charge in [0.25, 0.3) is 11.8 Å². The molecule has 6 amide bonds. The third-order valence-corrected chi connectivity index (χ3v) is 9.42. The summed E-state index contributed by atoms with van der Waals surface area (Å²) >= 11 is 11.7. The van der Waals surface area contributed by atoms with E-state index in [1.807, 2.05) is 24.3 Å². The number of halogens is 2. The smallest absolute Gasteiger partial charge is 0.323 e. The highest BCUT2D eigenvalue weighted by Gasteiger charge is 2.51. The van der Waals surface area contributed by atoms with Gasteiger partial charge in [-0.15, -0.1) is 0 Å². The maximum absolute atomic E-state index is 12.7. The highest BCUT2D eigenvalue weighted by atomic mass is 35.5. The minimum atomic E-state index is -0.653. The monoisotopic (exact) mass is 612 g/mol. The number of nitrogens with zero attached hydrogens (tertiary/aromatic N) is 2. The summed E-state index contributed by atoms with van der Waals surface area (Å²) < 4.78 is 0. The highest BCUT2D eigenvalue weighted by Crippen LogP contribution is 2.34. The predicted molar refractivity (Wildman–Crippen MR) is 162 cm³/mol. The van der Waals surface area contributed by atoms with Crippen LogP contribution >= 0.6 is 23.2 Å². The first-order valence-corrected chi connectivity index (χ1v) is 15.7. The topological polar surface area (TPSA) is 98.8 Å². The van der Waals surface area contributed by atoms with Crippen LogP contribution in [0.3, 0.4) is 0 Å². The molecule has 2 aliphatic carbocycles. The van der Waals surface area contributed by atoms with E-state index in [0.717, 1.165) is 88.2 Å². The third-order valence-electron chi connectivity index (χ3n) is 8.91. The van der Waals surface area contributed by atoms with Crippen molar-refractivity contribution in [3.05, 3.63) is 69.7 Å². The van der Waals surface area contributed by atoms with Crippen molar-refractivity contribution < 1.29 is 19.2 Å². The van der Waals surface area contributed by atoms with Crippen molar-refractivity contribution in [2.45, 2.75) is 101 Å². The summed E-state index contributed by atoms with van der Waals surface area (Å²) in [6.07, 6.45) is 11.6. The van der Waals surface area contributed by atoms with Gasteiger partial charge in [-0.05, 0) is 61.1 Å². The molecule has 4 fully saturated rings. The SMILES string of the molecule is O=C1NC2(CCCCCC2)C(=O)N1Cc1ccc(Cl)cc1.O=C1NC2(CCCCCC2)C(=O)N1Cc1ccc(Cl)cc1. The molecule has 2 saturated heterocycles. The van der Waals surface area contributed by atoms with E-state index in [0.29, 0.717) is 23.1 Å². The van der Waals surface area contributed by atoms with E-state index in [-0.39, 0.29) is 23.9 Å². The molecule has 8 nitrogen and oxygen atoms in total. The van der Waals surface area contributed by atoms with Gasteiger partial charge in [0.1, 0.15) is 11.1 Å². The normalized spacial score (nSPS) is 21.5. The second-order valence-electron chi connectivity index (χ2n) is 11.9. The second kappa shape index (κ2) is 13.0. The predicted octanol–water partition coefficient (Wildman–Crippen LogP) is 6.97. The Morgan fingerprint density at radius 2 is 0.833 bits per heavy atom. The number of nitrogens with one attached hydrogen (secondary N) is 2. The summed E-state index contributed by atoms with van der Waals surface area (Å²) in [5.74, 6) is -0.131. The molecule has 10 heteroatoms. The fourth-order valence-corrected chi connectivity index (χ4v) is 6.78. The van der Waals surface area contributed by atoms with Crippen molar-refractivity contribution in [2.24, 2.45) is 0 Å². The van der Waals surface area contributed by atoms with Crippen LogP contribution in [0.2, 0.25) is 10.0 Å². The van der Waals surface area contributed by atoms with Crippen LogP contribution in [-0.2, 0) is 22.7 Å². The average Bonchev–Trinajstić information content (AvgIpc) is 3.21. The number of imide groups is 2. The minimum Gasteiger partial charge on any atom is -0.323 e. The lowest BCUT2D eigenvalue weighted by Crippen LogP contribution is -2.46. The van der Waals surface area contributed by atoms with Gasteiger partial charge in [0, 0.05) is 10.0 Å². The number of carbonyl (C=O) groups excluding carboxylic acids is 4. The van der Waals surface area contributed by atoms with Crippen molar-refractivity contribution in [1.29, 1.82) is 0 Å². The van der Waals surface area contributed by atoms with Gasteiger partial charge in [0.05, 0.1) is 13.1 Å². The van der Waals surface area contributed by atoms with Gasteiger partial charge in [0.2, 0.25) is 0 Å². The van der Waals surface area contributed by atoms with Gasteiger partial charge in [0.15, 0.2) is 0 Å². The summed E-state index contributed by atoms with van der Waals surface area (Å²) in [4.78, 5) is 52.6. The van der Waals surface area contributed by atoms with E-state index in [1.165, 1.54) is 9.80 Å². The van der Waals surface area contributed by atoms with E-state index in [4.69, 9.17) is 23.2 Å². The second-order valence-corrected chi connectivity index (χ2v) is 12.8. The fraction of sp³-hybridized carbons (Fsp3) is 0.500. The molecule has 2 saturated carbocycles. The third kappa shape index (κ3) is 6.60. The van der Waals surface area contributed by atoms with Crippen LogP contribution in [0, 0.1) is 0 Å². The molecule has 0 aromatic heterocycles. The molecular formula is C32H38Cl2N4O4. The Labute approximate surface area is 257 Å². The van der Waals surface area contributed by atoms with E-state index < -0.39 is 11.1 Å². The molecule has 224 valence electrons. The molecule has 4 aliphatic rings.